The van der Waals surface area contributed by atoms with Crippen LogP contribution in [0.25, 0.3) is 55.2 Å². The van der Waals surface area contributed by atoms with Gasteiger partial charge in [-0.15, -0.1) is 0 Å². The van der Waals surface area contributed by atoms with Crippen LogP contribution in [-0.4, -0.2) is 4.57 Å². The number of hydrogen-bond acceptors (Lipinski definition) is 0. The normalized spacial score (nSPS) is 11.3. The highest BCUT2D eigenvalue weighted by Gasteiger charge is 2.12. The van der Waals surface area contributed by atoms with Crippen molar-refractivity contribution in [3.8, 4) is 33.4 Å². The fourth-order valence-electron chi connectivity index (χ4n) is 5.84. The van der Waals surface area contributed by atoms with E-state index in [-0.39, 0.29) is 0 Å². The van der Waals surface area contributed by atoms with E-state index in [1.54, 1.807) is 0 Å². The van der Waals surface area contributed by atoms with E-state index in [2.05, 4.69) is 156 Å². The lowest BCUT2D eigenvalue weighted by Crippen LogP contribution is -2.02. The average Bonchev–Trinajstić information content (AvgIpc) is 3.34. The summed E-state index contributed by atoms with van der Waals surface area (Å²) in [5, 5.41) is 2.65. The van der Waals surface area contributed by atoms with Gasteiger partial charge in [0.05, 0.1) is 0 Å². The zero-order chi connectivity index (χ0) is 26.0. The molecule has 1 heteroatoms. The summed E-state index contributed by atoms with van der Waals surface area (Å²) in [6.45, 7) is 0.921. The summed E-state index contributed by atoms with van der Waals surface area (Å²) in [5.41, 5.74) is 11.5. The molecular weight excluding hydrogens is 470 g/mol. The molecule has 0 spiro atoms. The molecule has 0 radical (unpaired) electrons. The standard InChI is InChI=1S/C38H29N/c1-3-11-28(12-4-1)29-19-21-30(22-20-29)32-23-24-34(31-13-5-2-6-14-31)33(27-32)25-26-39-37-17-9-7-15-35(37)36-16-8-10-18-38(36)39/h1-24,27H,25-26H2. The number of para-hydroxylation sites is 2. The molecule has 186 valence electrons. The van der Waals surface area contributed by atoms with E-state index in [1.165, 1.54) is 60.8 Å². The van der Waals surface area contributed by atoms with Crippen molar-refractivity contribution >= 4 is 21.8 Å². The van der Waals surface area contributed by atoms with Crippen molar-refractivity contribution in [3.05, 3.63) is 157 Å². The van der Waals surface area contributed by atoms with Gasteiger partial charge in [0, 0.05) is 28.4 Å². The Bertz CT molecular complexity index is 1820. The molecule has 0 fully saturated rings. The summed E-state index contributed by atoms with van der Waals surface area (Å²) in [5.74, 6) is 0. The smallest absolute Gasteiger partial charge is 0.0491 e. The third-order valence-corrected chi connectivity index (χ3v) is 7.80. The Morgan fingerprint density at radius 2 is 0.846 bits per heavy atom. The largest absolute Gasteiger partial charge is 0.340 e. The van der Waals surface area contributed by atoms with E-state index in [4.69, 9.17) is 0 Å². The highest BCUT2D eigenvalue weighted by molar-refractivity contribution is 6.08. The first-order valence-corrected chi connectivity index (χ1v) is 13.7. The van der Waals surface area contributed by atoms with Gasteiger partial charge in [-0.1, -0.05) is 140 Å². The van der Waals surface area contributed by atoms with E-state index in [1.807, 2.05) is 0 Å². The van der Waals surface area contributed by atoms with Gasteiger partial charge >= 0.3 is 0 Å². The fraction of sp³-hybridized carbons (Fsp3) is 0.0526. The van der Waals surface area contributed by atoms with Gasteiger partial charge in [-0.25, -0.2) is 0 Å². The third kappa shape index (κ3) is 4.43. The topological polar surface area (TPSA) is 4.93 Å². The first-order chi connectivity index (χ1) is 19.3. The van der Waals surface area contributed by atoms with Crippen LogP contribution >= 0.6 is 0 Å². The average molecular weight is 500 g/mol. The first kappa shape index (κ1) is 23.3. The SMILES string of the molecule is c1ccc(-c2ccc(-c3ccc(-c4ccccc4)c(CCn4c5ccccc5c5ccccc54)c3)cc2)cc1. The molecule has 7 aromatic rings. The predicted octanol–water partition coefficient (Wildman–Crippen LogP) is 10.0. The molecule has 39 heavy (non-hydrogen) atoms. The maximum atomic E-state index is 2.49. The van der Waals surface area contributed by atoms with Gasteiger partial charge in [0.2, 0.25) is 0 Å². The van der Waals surface area contributed by atoms with Crippen LogP contribution in [0.3, 0.4) is 0 Å². The molecule has 0 saturated heterocycles. The molecule has 0 amide bonds. The maximum absolute atomic E-state index is 2.49. The van der Waals surface area contributed by atoms with Gasteiger partial charge in [-0.05, 0) is 57.5 Å². The lowest BCUT2D eigenvalue weighted by molar-refractivity contribution is 0.746. The summed E-state index contributed by atoms with van der Waals surface area (Å²) < 4.78 is 2.49. The van der Waals surface area contributed by atoms with Crippen molar-refractivity contribution < 1.29 is 0 Å². The van der Waals surface area contributed by atoms with E-state index in [0.717, 1.165) is 13.0 Å². The molecule has 6 aromatic carbocycles. The number of nitrogens with zero attached hydrogens (tertiary/aromatic N) is 1. The molecule has 0 aliphatic rings. The molecule has 0 atom stereocenters. The number of rotatable bonds is 6. The van der Waals surface area contributed by atoms with Gasteiger partial charge < -0.3 is 4.57 Å². The molecule has 1 aromatic heterocycles. The molecule has 1 nitrogen and oxygen atoms in total. The van der Waals surface area contributed by atoms with E-state index >= 15 is 0 Å². The predicted molar refractivity (Wildman–Crippen MR) is 166 cm³/mol. The van der Waals surface area contributed by atoms with E-state index in [9.17, 15) is 0 Å². The number of aryl methyl sites for hydroxylation is 2. The Morgan fingerprint density at radius 3 is 1.46 bits per heavy atom. The molecule has 7 rings (SSSR count). The zero-order valence-corrected chi connectivity index (χ0v) is 21.8. The number of fused-ring (bicyclic) bond motifs is 3. The van der Waals surface area contributed by atoms with E-state index in [0.29, 0.717) is 0 Å². The van der Waals surface area contributed by atoms with Crippen molar-refractivity contribution in [1.29, 1.82) is 0 Å². The van der Waals surface area contributed by atoms with Gasteiger partial charge in [0.15, 0.2) is 0 Å². The zero-order valence-electron chi connectivity index (χ0n) is 21.8. The second-order valence-corrected chi connectivity index (χ2v) is 10.1. The Labute approximate surface area is 229 Å². The Kier molecular flexibility index (Phi) is 6.03. The lowest BCUT2D eigenvalue weighted by atomic mass is 9.92. The van der Waals surface area contributed by atoms with Crippen LogP contribution in [0.15, 0.2) is 152 Å². The summed E-state index contributed by atoms with van der Waals surface area (Å²) >= 11 is 0. The molecule has 1 heterocycles. The Morgan fingerprint density at radius 1 is 0.385 bits per heavy atom. The minimum atomic E-state index is 0.921. The number of hydrogen-bond donors (Lipinski definition) is 0. The van der Waals surface area contributed by atoms with Crippen LogP contribution < -0.4 is 0 Å². The summed E-state index contributed by atoms with van der Waals surface area (Å²) in [7, 11) is 0. The molecule has 0 unspecified atom stereocenters. The van der Waals surface area contributed by atoms with E-state index < -0.39 is 0 Å². The molecule has 0 bridgehead atoms. The van der Waals surface area contributed by atoms with Crippen molar-refractivity contribution in [3.63, 3.8) is 0 Å². The Balaban J connectivity index is 1.28. The first-order valence-electron chi connectivity index (χ1n) is 13.7. The summed E-state index contributed by atoms with van der Waals surface area (Å²) in [4.78, 5) is 0. The van der Waals surface area contributed by atoms with Crippen LogP contribution in [-0.2, 0) is 13.0 Å². The van der Waals surface area contributed by atoms with Crippen LogP contribution in [0.4, 0.5) is 0 Å². The van der Waals surface area contributed by atoms with Crippen molar-refractivity contribution in [1.82, 2.24) is 4.57 Å². The van der Waals surface area contributed by atoms with Gasteiger partial charge in [-0.3, -0.25) is 0 Å². The highest BCUT2D eigenvalue weighted by atomic mass is 15.0. The van der Waals surface area contributed by atoms with Crippen molar-refractivity contribution in [2.45, 2.75) is 13.0 Å². The molecule has 0 N–H and O–H groups in total. The number of aromatic nitrogens is 1. The second-order valence-electron chi connectivity index (χ2n) is 10.1. The lowest BCUT2D eigenvalue weighted by Gasteiger charge is -2.15. The third-order valence-electron chi connectivity index (χ3n) is 7.80. The van der Waals surface area contributed by atoms with Crippen LogP contribution in [0, 0.1) is 0 Å². The van der Waals surface area contributed by atoms with Crippen LogP contribution in [0.5, 0.6) is 0 Å². The Hall–Kier alpha value is -4.88. The minimum absolute atomic E-state index is 0.921. The van der Waals surface area contributed by atoms with Gasteiger partial charge in [0.1, 0.15) is 0 Å². The van der Waals surface area contributed by atoms with Crippen LogP contribution in [0.2, 0.25) is 0 Å². The maximum Gasteiger partial charge on any atom is 0.0491 e. The fourth-order valence-corrected chi connectivity index (χ4v) is 5.84. The van der Waals surface area contributed by atoms with Gasteiger partial charge in [-0.2, -0.15) is 0 Å². The minimum Gasteiger partial charge on any atom is -0.340 e. The summed E-state index contributed by atoms with van der Waals surface area (Å²) in [6, 6.07) is 54.8. The van der Waals surface area contributed by atoms with Crippen molar-refractivity contribution in [2.24, 2.45) is 0 Å². The number of benzene rings is 6. The van der Waals surface area contributed by atoms with Crippen molar-refractivity contribution in [2.75, 3.05) is 0 Å². The monoisotopic (exact) mass is 499 g/mol. The highest BCUT2D eigenvalue weighted by Crippen LogP contribution is 2.33. The van der Waals surface area contributed by atoms with Crippen LogP contribution in [0.1, 0.15) is 5.56 Å². The molecular formula is C38H29N. The molecule has 0 aliphatic heterocycles. The summed E-state index contributed by atoms with van der Waals surface area (Å²) in [6.07, 6.45) is 0.947. The second kappa shape index (κ2) is 10.1. The van der Waals surface area contributed by atoms with Gasteiger partial charge in [0.25, 0.3) is 0 Å². The molecule has 0 saturated carbocycles. The molecule has 0 aliphatic carbocycles. The quantitative estimate of drug-likeness (QED) is 0.214.